The van der Waals surface area contributed by atoms with Crippen LogP contribution < -0.4 is 0 Å². The van der Waals surface area contributed by atoms with Crippen LogP contribution in [0.4, 0.5) is 0 Å². The topological polar surface area (TPSA) is 0 Å². The van der Waals surface area contributed by atoms with Crippen molar-refractivity contribution in [2.75, 3.05) is 0 Å². The van der Waals surface area contributed by atoms with Gasteiger partial charge in [0.05, 0.1) is 0 Å². The summed E-state index contributed by atoms with van der Waals surface area (Å²) in [6.45, 7) is 8.16. The molecule has 2 aliphatic carbocycles. The van der Waals surface area contributed by atoms with Gasteiger partial charge in [0.25, 0.3) is 0 Å². The lowest BCUT2D eigenvalue weighted by atomic mass is 10.0. The third kappa shape index (κ3) is 1.03. The van der Waals surface area contributed by atoms with Crippen LogP contribution in [0, 0.1) is 11.8 Å². The number of hydrogen-bond acceptors (Lipinski definition) is 0. The summed E-state index contributed by atoms with van der Waals surface area (Å²) in [5.74, 6) is 1.65. The first-order valence-corrected chi connectivity index (χ1v) is 4.17. The van der Waals surface area contributed by atoms with Crippen LogP contribution >= 0.6 is 0 Å². The quantitative estimate of drug-likeness (QED) is 0.520. The van der Waals surface area contributed by atoms with Crippen LogP contribution in [0.3, 0.4) is 0 Å². The lowest BCUT2D eigenvalue weighted by Gasteiger charge is -2.04. The molecule has 2 fully saturated rings. The first-order chi connectivity index (χ1) is 4.79. The third-order valence-electron chi connectivity index (χ3n) is 2.55. The molecule has 0 unspecified atom stereocenters. The first-order valence-electron chi connectivity index (χ1n) is 4.17. The van der Waals surface area contributed by atoms with E-state index >= 15 is 0 Å². The molecule has 0 saturated heterocycles. The molecule has 0 atom stereocenters. The number of hydrogen-bond donors (Lipinski definition) is 0. The third-order valence-corrected chi connectivity index (χ3v) is 2.55. The predicted molar refractivity (Wildman–Crippen MR) is 43.7 cm³/mol. The van der Waals surface area contributed by atoms with Crippen molar-refractivity contribution in [1.82, 2.24) is 0 Å². The van der Waals surface area contributed by atoms with E-state index in [-0.39, 0.29) is 0 Å². The van der Waals surface area contributed by atoms with Crippen LogP contribution in [0.1, 0.15) is 25.7 Å². The van der Waals surface area contributed by atoms with Crippen molar-refractivity contribution in [3.05, 3.63) is 24.3 Å². The van der Waals surface area contributed by atoms with Crippen LogP contribution in [0.2, 0.25) is 0 Å². The Balaban J connectivity index is 1.95. The maximum atomic E-state index is 4.08. The van der Waals surface area contributed by atoms with Gasteiger partial charge in [-0.15, -0.1) is 0 Å². The standard InChI is InChI=1S/C10H14/c1-7(9-3-4-9)8(2)10-5-6-10/h9-10H,1-6H2. The molecule has 0 aromatic heterocycles. The highest BCUT2D eigenvalue weighted by Gasteiger charge is 2.32. The van der Waals surface area contributed by atoms with E-state index in [1.54, 1.807) is 0 Å². The summed E-state index contributed by atoms with van der Waals surface area (Å²) in [6, 6.07) is 0. The van der Waals surface area contributed by atoms with Gasteiger partial charge >= 0.3 is 0 Å². The summed E-state index contributed by atoms with van der Waals surface area (Å²) >= 11 is 0. The highest BCUT2D eigenvalue weighted by molar-refractivity contribution is 5.34. The average molecular weight is 134 g/mol. The minimum absolute atomic E-state index is 0.827. The average Bonchev–Trinajstić information content (AvgIpc) is 2.73. The molecule has 0 bridgehead atoms. The highest BCUT2D eigenvalue weighted by atomic mass is 14.4. The molecule has 0 amide bonds. The fourth-order valence-corrected chi connectivity index (χ4v) is 1.39. The maximum absolute atomic E-state index is 4.08. The molecule has 0 N–H and O–H groups in total. The first kappa shape index (κ1) is 6.21. The van der Waals surface area contributed by atoms with Gasteiger partial charge in [-0.05, 0) is 48.7 Å². The van der Waals surface area contributed by atoms with Gasteiger partial charge in [0, 0.05) is 0 Å². The molecule has 0 aromatic carbocycles. The Morgan fingerprint density at radius 2 is 1.10 bits per heavy atom. The van der Waals surface area contributed by atoms with E-state index in [0.717, 1.165) is 11.8 Å². The molecule has 0 radical (unpaired) electrons. The molecule has 0 heterocycles. The Morgan fingerprint density at radius 1 is 0.800 bits per heavy atom. The van der Waals surface area contributed by atoms with Crippen molar-refractivity contribution in [2.24, 2.45) is 11.8 Å². The molecule has 10 heavy (non-hydrogen) atoms. The zero-order valence-electron chi connectivity index (χ0n) is 6.40. The predicted octanol–water partition coefficient (Wildman–Crippen LogP) is 2.92. The lowest BCUT2D eigenvalue weighted by molar-refractivity contribution is 0.934. The zero-order valence-corrected chi connectivity index (χ0v) is 6.40. The Hall–Kier alpha value is -0.520. The SMILES string of the molecule is C=C(C(=C)C1CC1)C1CC1. The molecule has 2 rings (SSSR count). The van der Waals surface area contributed by atoms with Gasteiger partial charge < -0.3 is 0 Å². The van der Waals surface area contributed by atoms with Crippen LogP contribution in [0.15, 0.2) is 24.3 Å². The van der Waals surface area contributed by atoms with E-state index in [9.17, 15) is 0 Å². The minimum Gasteiger partial charge on any atom is -0.0953 e. The maximum Gasteiger partial charge on any atom is -0.0165 e. The second kappa shape index (κ2) is 1.98. The smallest absolute Gasteiger partial charge is 0.0165 e. The summed E-state index contributed by atoms with van der Waals surface area (Å²) in [5, 5.41) is 0. The van der Waals surface area contributed by atoms with Crippen molar-refractivity contribution in [3.63, 3.8) is 0 Å². The van der Waals surface area contributed by atoms with Gasteiger partial charge in [-0.2, -0.15) is 0 Å². The van der Waals surface area contributed by atoms with E-state index in [4.69, 9.17) is 0 Å². The van der Waals surface area contributed by atoms with Gasteiger partial charge in [-0.1, -0.05) is 13.2 Å². The van der Waals surface area contributed by atoms with Crippen molar-refractivity contribution < 1.29 is 0 Å². The van der Waals surface area contributed by atoms with Crippen LogP contribution in [-0.2, 0) is 0 Å². The number of rotatable bonds is 3. The molecule has 0 heteroatoms. The zero-order chi connectivity index (χ0) is 7.14. The largest absolute Gasteiger partial charge is 0.0953 e. The van der Waals surface area contributed by atoms with E-state index in [0.29, 0.717) is 0 Å². The molecule has 0 aromatic rings. The Bertz CT molecular complexity index is 158. The minimum atomic E-state index is 0.827. The second-order valence-corrected chi connectivity index (χ2v) is 3.60. The number of allylic oxidation sites excluding steroid dienone is 2. The summed E-state index contributed by atoms with van der Waals surface area (Å²) in [6.07, 6.45) is 5.46. The second-order valence-electron chi connectivity index (χ2n) is 3.60. The fourth-order valence-electron chi connectivity index (χ4n) is 1.39. The van der Waals surface area contributed by atoms with Crippen molar-refractivity contribution >= 4 is 0 Å². The molecular formula is C10H14. The summed E-state index contributed by atoms with van der Waals surface area (Å²) in [5.41, 5.74) is 2.73. The normalized spacial score (nSPS) is 24.4. The van der Waals surface area contributed by atoms with Gasteiger partial charge in [0.15, 0.2) is 0 Å². The monoisotopic (exact) mass is 134 g/mol. The van der Waals surface area contributed by atoms with Gasteiger partial charge in [-0.3, -0.25) is 0 Å². The Labute approximate surface area is 62.6 Å². The molecule has 54 valence electrons. The lowest BCUT2D eigenvalue weighted by Crippen LogP contribution is -1.90. The molecule has 0 nitrogen and oxygen atoms in total. The van der Waals surface area contributed by atoms with E-state index in [1.807, 2.05) is 0 Å². The van der Waals surface area contributed by atoms with E-state index in [2.05, 4.69) is 13.2 Å². The molecule has 0 spiro atoms. The Morgan fingerprint density at radius 3 is 1.30 bits per heavy atom. The molecule has 0 aliphatic heterocycles. The fraction of sp³-hybridized carbons (Fsp3) is 0.600. The molecule has 2 saturated carbocycles. The van der Waals surface area contributed by atoms with Crippen LogP contribution in [0.5, 0.6) is 0 Å². The summed E-state index contributed by atoms with van der Waals surface area (Å²) in [7, 11) is 0. The van der Waals surface area contributed by atoms with Gasteiger partial charge in [-0.25, -0.2) is 0 Å². The summed E-state index contributed by atoms with van der Waals surface area (Å²) < 4.78 is 0. The van der Waals surface area contributed by atoms with Crippen molar-refractivity contribution in [1.29, 1.82) is 0 Å². The van der Waals surface area contributed by atoms with Crippen molar-refractivity contribution in [3.8, 4) is 0 Å². The van der Waals surface area contributed by atoms with Crippen LogP contribution in [0.25, 0.3) is 0 Å². The molecular weight excluding hydrogens is 120 g/mol. The van der Waals surface area contributed by atoms with Crippen molar-refractivity contribution in [2.45, 2.75) is 25.7 Å². The van der Waals surface area contributed by atoms with Crippen LogP contribution in [-0.4, -0.2) is 0 Å². The van der Waals surface area contributed by atoms with E-state index < -0.39 is 0 Å². The van der Waals surface area contributed by atoms with E-state index in [1.165, 1.54) is 36.8 Å². The molecule has 2 aliphatic rings. The van der Waals surface area contributed by atoms with Gasteiger partial charge in [0.2, 0.25) is 0 Å². The highest BCUT2D eigenvalue weighted by Crippen LogP contribution is 2.46. The van der Waals surface area contributed by atoms with Gasteiger partial charge in [0.1, 0.15) is 0 Å². The Kier molecular flexibility index (Phi) is 1.23. The summed E-state index contributed by atoms with van der Waals surface area (Å²) in [4.78, 5) is 0.